The Labute approximate surface area is 50.4 Å². The predicted octanol–water partition coefficient (Wildman–Crippen LogP) is 0.414. The van der Waals surface area contributed by atoms with Crippen molar-refractivity contribution in [3.63, 3.8) is 0 Å². The van der Waals surface area contributed by atoms with E-state index in [4.69, 9.17) is 0 Å². The summed E-state index contributed by atoms with van der Waals surface area (Å²) in [7, 11) is 0. The van der Waals surface area contributed by atoms with Crippen LogP contribution >= 0.6 is 12.1 Å². The summed E-state index contributed by atoms with van der Waals surface area (Å²) in [5.41, 5.74) is 0. The van der Waals surface area contributed by atoms with Crippen LogP contribution in [-0.2, 0) is 0 Å². The maximum atomic E-state index is 10.3. The van der Waals surface area contributed by atoms with Gasteiger partial charge >= 0.3 is 6.03 Å². The van der Waals surface area contributed by atoms with E-state index in [0.29, 0.717) is 0 Å². The minimum absolute atomic E-state index is 0.368. The van der Waals surface area contributed by atoms with Crippen molar-refractivity contribution >= 4 is 30.6 Å². The standard InChI is InChI=1S/C3H3N3OS/c7-3-4-1-2-5-8-6-3/h1-2H,(H,6,7). The lowest BCUT2D eigenvalue weighted by molar-refractivity contribution is 0.254. The number of nitrogens with one attached hydrogen (secondary N) is 1. The van der Waals surface area contributed by atoms with Gasteiger partial charge in [0.2, 0.25) is 0 Å². The van der Waals surface area contributed by atoms with Gasteiger partial charge in [-0.05, 0) is 0 Å². The first kappa shape index (κ1) is 5.30. The van der Waals surface area contributed by atoms with Crippen molar-refractivity contribution in [2.75, 3.05) is 0 Å². The van der Waals surface area contributed by atoms with Gasteiger partial charge in [-0.2, -0.15) is 4.99 Å². The van der Waals surface area contributed by atoms with Crippen LogP contribution in [0, 0.1) is 0 Å². The number of rotatable bonds is 0. The minimum atomic E-state index is -0.368. The summed E-state index contributed by atoms with van der Waals surface area (Å²) in [6, 6.07) is -0.368. The Balaban J connectivity index is 2.58. The number of aliphatic imine (C=N–C) groups is 1. The fourth-order valence-electron chi connectivity index (χ4n) is 0.250. The molecule has 0 aromatic carbocycles. The highest BCUT2D eigenvalue weighted by atomic mass is 32.2. The molecule has 1 heterocycles. The van der Waals surface area contributed by atoms with Crippen molar-refractivity contribution in [2.24, 2.45) is 9.39 Å². The van der Waals surface area contributed by atoms with Crippen molar-refractivity contribution in [2.45, 2.75) is 0 Å². The van der Waals surface area contributed by atoms with Gasteiger partial charge in [0.05, 0.1) is 24.6 Å². The van der Waals surface area contributed by atoms with E-state index in [-0.39, 0.29) is 6.03 Å². The Kier molecular flexibility index (Phi) is 1.63. The molecule has 1 aliphatic heterocycles. The van der Waals surface area contributed by atoms with Crippen LogP contribution < -0.4 is 4.72 Å². The zero-order chi connectivity index (χ0) is 5.82. The van der Waals surface area contributed by atoms with Crippen molar-refractivity contribution in [1.29, 1.82) is 0 Å². The van der Waals surface area contributed by atoms with Gasteiger partial charge in [0.25, 0.3) is 0 Å². The van der Waals surface area contributed by atoms with E-state index >= 15 is 0 Å². The maximum Gasteiger partial charge on any atom is 0.352 e. The highest BCUT2D eigenvalue weighted by Gasteiger charge is 1.94. The summed E-state index contributed by atoms with van der Waals surface area (Å²) >= 11 is 0.969. The van der Waals surface area contributed by atoms with Crippen LogP contribution in [0.5, 0.6) is 0 Å². The van der Waals surface area contributed by atoms with E-state index in [1.807, 2.05) is 0 Å². The molecule has 0 atom stereocenters. The van der Waals surface area contributed by atoms with Crippen LogP contribution in [0.25, 0.3) is 0 Å². The average molecular weight is 129 g/mol. The second-order valence-corrected chi connectivity index (χ2v) is 1.63. The topological polar surface area (TPSA) is 53.8 Å². The summed E-state index contributed by atoms with van der Waals surface area (Å²) in [4.78, 5) is 13.7. The van der Waals surface area contributed by atoms with Crippen molar-refractivity contribution in [3.05, 3.63) is 0 Å². The number of urea groups is 1. The third kappa shape index (κ3) is 1.34. The Morgan fingerprint density at radius 1 is 1.62 bits per heavy atom. The fraction of sp³-hybridized carbons (Fsp3) is 0. The van der Waals surface area contributed by atoms with Crippen LogP contribution in [-0.4, -0.2) is 18.5 Å². The monoisotopic (exact) mass is 129 g/mol. The van der Waals surface area contributed by atoms with Gasteiger partial charge in [-0.3, -0.25) is 4.72 Å². The summed E-state index contributed by atoms with van der Waals surface area (Å²) in [5.74, 6) is 0. The van der Waals surface area contributed by atoms with E-state index in [2.05, 4.69) is 14.1 Å². The first-order valence-electron chi connectivity index (χ1n) is 1.91. The molecule has 0 spiro atoms. The molecule has 1 aliphatic rings. The van der Waals surface area contributed by atoms with E-state index in [1.54, 1.807) is 0 Å². The number of carbonyl (C=O) groups excluding carboxylic acids is 1. The molecule has 0 saturated heterocycles. The molecule has 1 rings (SSSR count). The normalized spacial score (nSPS) is 17.8. The molecule has 0 unspecified atom stereocenters. The molecule has 2 amide bonds. The summed E-state index contributed by atoms with van der Waals surface area (Å²) < 4.78 is 5.96. The van der Waals surface area contributed by atoms with E-state index in [9.17, 15) is 4.79 Å². The Hall–Kier alpha value is -0.840. The second kappa shape index (κ2) is 2.46. The van der Waals surface area contributed by atoms with Crippen LogP contribution in [0.1, 0.15) is 0 Å². The zero-order valence-corrected chi connectivity index (χ0v) is 4.68. The summed E-state index contributed by atoms with van der Waals surface area (Å²) in [6.45, 7) is 0. The smallest absolute Gasteiger partial charge is 0.260 e. The largest absolute Gasteiger partial charge is 0.352 e. The lowest BCUT2D eigenvalue weighted by atomic mass is 10.8. The summed E-state index contributed by atoms with van der Waals surface area (Å²) in [6.07, 6.45) is 2.79. The molecule has 0 fully saturated rings. The quantitative estimate of drug-likeness (QED) is 0.482. The highest BCUT2D eigenvalue weighted by Crippen LogP contribution is 1.95. The molecular formula is C3H3N3OS. The molecule has 8 heavy (non-hydrogen) atoms. The number of nitrogens with zero attached hydrogens (tertiary/aromatic N) is 2. The second-order valence-electron chi connectivity index (χ2n) is 1.03. The van der Waals surface area contributed by atoms with E-state index in [1.165, 1.54) is 12.4 Å². The molecule has 5 heteroatoms. The lowest BCUT2D eigenvalue weighted by Crippen LogP contribution is -2.07. The van der Waals surface area contributed by atoms with Gasteiger partial charge in [-0.15, -0.1) is 0 Å². The molecular weight excluding hydrogens is 126 g/mol. The van der Waals surface area contributed by atoms with Gasteiger partial charge in [-0.1, -0.05) is 0 Å². The molecule has 4 nitrogen and oxygen atoms in total. The molecule has 0 aliphatic carbocycles. The molecule has 0 saturated carbocycles. The van der Waals surface area contributed by atoms with Crippen LogP contribution in [0.2, 0.25) is 0 Å². The van der Waals surface area contributed by atoms with Gasteiger partial charge in [-0.25, -0.2) is 9.19 Å². The number of hydrogen-bond donors (Lipinski definition) is 1. The van der Waals surface area contributed by atoms with Gasteiger partial charge in [0.1, 0.15) is 0 Å². The minimum Gasteiger partial charge on any atom is -0.260 e. The third-order valence-electron chi connectivity index (χ3n) is 0.505. The highest BCUT2D eigenvalue weighted by molar-refractivity contribution is 7.96. The van der Waals surface area contributed by atoms with Crippen LogP contribution in [0.3, 0.4) is 0 Å². The van der Waals surface area contributed by atoms with Crippen molar-refractivity contribution in [3.8, 4) is 0 Å². The maximum absolute atomic E-state index is 10.3. The summed E-state index contributed by atoms with van der Waals surface area (Å²) in [5, 5.41) is 0. The Bertz CT molecular complexity index is 153. The third-order valence-corrected chi connectivity index (χ3v) is 0.998. The number of carbonyl (C=O) groups is 1. The van der Waals surface area contributed by atoms with Crippen LogP contribution in [0.15, 0.2) is 9.39 Å². The molecule has 0 aromatic rings. The first-order chi connectivity index (χ1) is 3.89. The number of hydrogen-bond acceptors (Lipinski definition) is 3. The molecule has 42 valence electrons. The Morgan fingerprint density at radius 3 is 3.38 bits per heavy atom. The SMILES string of the molecule is O=C1N=CC=NSN1. The Morgan fingerprint density at radius 2 is 2.50 bits per heavy atom. The zero-order valence-electron chi connectivity index (χ0n) is 3.87. The average Bonchev–Trinajstić information content (AvgIpc) is 1.94. The molecule has 0 bridgehead atoms. The molecule has 0 radical (unpaired) electrons. The van der Waals surface area contributed by atoms with Crippen molar-refractivity contribution < 1.29 is 4.79 Å². The lowest BCUT2D eigenvalue weighted by Gasteiger charge is -1.86. The van der Waals surface area contributed by atoms with Gasteiger partial charge in [0, 0.05) is 0 Å². The molecule has 1 N–H and O–H groups in total. The predicted molar refractivity (Wildman–Crippen MR) is 33.1 cm³/mol. The van der Waals surface area contributed by atoms with Gasteiger partial charge in [0.15, 0.2) is 0 Å². The number of amides is 2. The van der Waals surface area contributed by atoms with E-state index < -0.39 is 0 Å². The first-order valence-corrected chi connectivity index (χ1v) is 2.69. The fourth-order valence-corrected chi connectivity index (χ4v) is 0.549. The molecule has 0 aromatic heterocycles. The van der Waals surface area contributed by atoms with Crippen molar-refractivity contribution in [1.82, 2.24) is 4.72 Å². The van der Waals surface area contributed by atoms with Gasteiger partial charge < -0.3 is 0 Å². The van der Waals surface area contributed by atoms with Crippen LogP contribution in [0.4, 0.5) is 4.79 Å². The van der Waals surface area contributed by atoms with E-state index in [0.717, 1.165) is 12.1 Å².